The van der Waals surface area contributed by atoms with E-state index in [0.717, 1.165) is 23.4 Å². The fraction of sp³-hybridized carbons (Fsp3) is 0.312. The summed E-state index contributed by atoms with van der Waals surface area (Å²) in [6, 6.07) is 3.50. The van der Waals surface area contributed by atoms with E-state index in [0.29, 0.717) is 17.5 Å². The van der Waals surface area contributed by atoms with Gasteiger partial charge in [-0.3, -0.25) is 14.9 Å². The quantitative estimate of drug-likeness (QED) is 0.672. The maximum atomic E-state index is 11.9. The van der Waals surface area contributed by atoms with Gasteiger partial charge in [0.05, 0.1) is 18.6 Å². The number of aromatic nitrogens is 1. The fourth-order valence-electron chi connectivity index (χ4n) is 2.44. The van der Waals surface area contributed by atoms with Crippen molar-refractivity contribution in [3.8, 4) is 0 Å². The summed E-state index contributed by atoms with van der Waals surface area (Å²) in [6.45, 7) is 2.14. The van der Waals surface area contributed by atoms with Gasteiger partial charge in [0.25, 0.3) is 0 Å². The van der Waals surface area contributed by atoms with Crippen LogP contribution in [0.4, 0.5) is 5.13 Å². The molecule has 120 valence electrons. The number of hydrogen-bond donors (Lipinski definition) is 1. The van der Waals surface area contributed by atoms with E-state index in [1.807, 2.05) is 0 Å². The molecule has 1 unspecified atom stereocenters. The second kappa shape index (κ2) is 6.78. The van der Waals surface area contributed by atoms with E-state index in [1.54, 1.807) is 31.4 Å². The number of carbonyl (C=O) groups excluding carboxylic acids is 2. The molecule has 23 heavy (non-hydrogen) atoms. The summed E-state index contributed by atoms with van der Waals surface area (Å²) in [6.07, 6.45) is 6.01. The van der Waals surface area contributed by atoms with Crippen molar-refractivity contribution >= 4 is 34.4 Å². The summed E-state index contributed by atoms with van der Waals surface area (Å²) >= 11 is 1.40. The van der Waals surface area contributed by atoms with Crippen molar-refractivity contribution in [3.63, 3.8) is 0 Å². The van der Waals surface area contributed by atoms with E-state index in [-0.39, 0.29) is 17.8 Å². The minimum absolute atomic E-state index is 0.243. The number of amides is 1. The number of carbonyl (C=O) groups is 2. The second-order valence-corrected chi connectivity index (χ2v) is 6.09. The molecule has 0 aromatic carbocycles. The maximum Gasteiger partial charge on any atom is 0.315 e. The van der Waals surface area contributed by atoms with Gasteiger partial charge in [0.1, 0.15) is 11.7 Å². The smallest absolute Gasteiger partial charge is 0.315 e. The molecule has 1 amide bonds. The molecule has 1 aliphatic rings. The first kappa shape index (κ1) is 15.5. The molecule has 2 aromatic rings. The number of rotatable bonds is 5. The molecule has 7 heteroatoms. The van der Waals surface area contributed by atoms with E-state index in [4.69, 9.17) is 9.15 Å². The molecule has 0 bridgehead atoms. The van der Waals surface area contributed by atoms with Crippen LogP contribution in [0.25, 0.3) is 6.08 Å². The topological polar surface area (TPSA) is 81.4 Å². The monoisotopic (exact) mass is 332 g/mol. The van der Waals surface area contributed by atoms with Gasteiger partial charge in [0, 0.05) is 11.0 Å². The van der Waals surface area contributed by atoms with Crippen LogP contribution < -0.4 is 5.32 Å². The zero-order chi connectivity index (χ0) is 16.2. The highest BCUT2D eigenvalue weighted by Gasteiger charge is 2.33. The molecule has 0 fully saturated rings. The highest BCUT2D eigenvalue weighted by atomic mass is 32.1. The Labute approximate surface area is 137 Å². The molecule has 0 aliphatic heterocycles. The number of esters is 1. The van der Waals surface area contributed by atoms with Gasteiger partial charge >= 0.3 is 5.97 Å². The van der Waals surface area contributed by atoms with Crippen LogP contribution in [-0.2, 0) is 20.7 Å². The molecule has 6 nitrogen and oxygen atoms in total. The third-order valence-corrected chi connectivity index (χ3v) is 4.51. The van der Waals surface area contributed by atoms with Crippen LogP contribution in [-0.4, -0.2) is 23.5 Å². The number of nitrogens with one attached hydrogen (secondary N) is 1. The van der Waals surface area contributed by atoms with Gasteiger partial charge < -0.3 is 9.15 Å². The van der Waals surface area contributed by atoms with Gasteiger partial charge in [-0.15, -0.1) is 11.3 Å². The summed E-state index contributed by atoms with van der Waals surface area (Å²) in [5.74, 6) is -0.247. The summed E-state index contributed by atoms with van der Waals surface area (Å²) in [7, 11) is 0. The lowest BCUT2D eigenvalue weighted by Crippen LogP contribution is -2.14. The number of nitrogens with zero attached hydrogens (tertiary/aromatic N) is 1. The Morgan fingerprint density at radius 3 is 3.17 bits per heavy atom. The third kappa shape index (κ3) is 3.50. The predicted octanol–water partition coefficient (Wildman–Crippen LogP) is 2.98. The van der Waals surface area contributed by atoms with Crippen molar-refractivity contribution < 1.29 is 18.7 Å². The largest absolute Gasteiger partial charge is 0.465 e. The Morgan fingerprint density at radius 2 is 2.43 bits per heavy atom. The lowest BCUT2D eigenvalue weighted by molar-refractivity contribution is -0.145. The van der Waals surface area contributed by atoms with Gasteiger partial charge in [-0.05, 0) is 38.0 Å². The molecule has 0 radical (unpaired) electrons. The Hall–Kier alpha value is -2.41. The lowest BCUT2D eigenvalue weighted by atomic mass is 10.1. The van der Waals surface area contributed by atoms with Crippen LogP contribution in [0, 0.1) is 0 Å². The number of furan rings is 1. The van der Waals surface area contributed by atoms with E-state index in [9.17, 15) is 9.59 Å². The van der Waals surface area contributed by atoms with Crippen molar-refractivity contribution in [3.05, 3.63) is 40.8 Å². The van der Waals surface area contributed by atoms with E-state index in [2.05, 4.69) is 10.3 Å². The number of ether oxygens (including phenoxy) is 1. The van der Waals surface area contributed by atoms with Gasteiger partial charge in [0.2, 0.25) is 5.91 Å². The van der Waals surface area contributed by atoms with Crippen molar-refractivity contribution in [1.29, 1.82) is 0 Å². The normalized spacial score (nSPS) is 16.5. The first-order valence-electron chi connectivity index (χ1n) is 7.36. The summed E-state index contributed by atoms with van der Waals surface area (Å²) in [5.41, 5.74) is 0.735. The molecule has 1 aliphatic carbocycles. The molecule has 1 atom stereocenters. The third-order valence-electron chi connectivity index (χ3n) is 3.46. The SMILES string of the molecule is CCOC(=O)C1CCc2sc(NC(=O)/C=C/c3ccco3)nc21. The van der Waals surface area contributed by atoms with Gasteiger partial charge in [-0.1, -0.05) is 0 Å². The number of thiazole rings is 1. The molecule has 3 rings (SSSR count). The average Bonchev–Trinajstić information content (AvgIpc) is 3.21. The van der Waals surface area contributed by atoms with Gasteiger partial charge in [-0.25, -0.2) is 4.98 Å². The van der Waals surface area contributed by atoms with Crippen molar-refractivity contribution in [2.45, 2.75) is 25.7 Å². The van der Waals surface area contributed by atoms with E-state index in [1.165, 1.54) is 17.4 Å². The van der Waals surface area contributed by atoms with Gasteiger partial charge in [0.15, 0.2) is 5.13 Å². The molecule has 2 heterocycles. The zero-order valence-electron chi connectivity index (χ0n) is 12.6. The Balaban J connectivity index is 1.65. The first-order valence-corrected chi connectivity index (χ1v) is 8.18. The summed E-state index contributed by atoms with van der Waals surface area (Å²) in [5, 5.41) is 3.21. The first-order chi connectivity index (χ1) is 11.2. The van der Waals surface area contributed by atoms with Crippen molar-refractivity contribution in [2.75, 3.05) is 11.9 Å². The highest BCUT2D eigenvalue weighted by Crippen LogP contribution is 2.38. The van der Waals surface area contributed by atoms with Crippen LogP contribution >= 0.6 is 11.3 Å². The van der Waals surface area contributed by atoms with E-state index < -0.39 is 0 Å². The summed E-state index contributed by atoms with van der Waals surface area (Å²) < 4.78 is 10.2. The standard InChI is InChI=1S/C16H16N2O4S/c1-2-21-15(20)11-6-7-12-14(11)18-16(23-12)17-13(19)8-5-10-4-3-9-22-10/h3-5,8-9,11H,2,6-7H2,1H3,(H,17,18,19)/b8-5+. The maximum absolute atomic E-state index is 11.9. The molecule has 0 saturated heterocycles. The fourth-order valence-corrected chi connectivity index (χ4v) is 3.49. The van der Waals surface area contributed by atoms with Crippen LogP contribution in [0.5, 0.6) is 0 Å². The van der Waals surface area contributed by atoms with Crippen molar-refractivity contribution in [2.24, 2.45) is 0 Å². The Kier molecular flexibility index (Phi) is 4.57. The number of anilines is 1. The second-order valence-electron chi connectivity index (χ2n) is 5.01. The van der Waals surface area contributed by atoms with Crippen LogP contribution in [0.15, 0.2) is 28.9 Å². The molecule has 2 aromatic heterocycles. The van der Waals surface area contributed by atoms with Crippen LogP contribution in [0.3, 0.4) is 0 Å². The zero-order valence-corrected chi connectivity index (χ0v) is 13.4. The number of hydrogen-bond acceptors (Lipinski definition) is 6. The minimum Gasteiger partial charge on any atom is -0.465 e. The Bertz CT molecular complexity index is 733. The number of aryl methyl sites for hydroxylation is 1. The predicted molar refractivity (Wildman–Crippen MR) is 86.2 cm³/mol. The molecular formula is C16H16N2O4S. The Morgan fingerprint density at radius 1 is 1.57 bits per heavy atom. The minimum atomic E-state index is -0.314. The van der Waals surface area contributed by atoms with Gasteiger partial charge in [-0.2, -0.15) is 0 Å². The summed E-state index contributed by atoms with van der Waals surface area (Å²) in [4.78, 5) is 29.2. The van der Waals surface area contributed by atoms with Crippen molar-refractivity contribution in [1.82, 2.24) is 4.98 Å². The van der Waals surface area contributed by atoms with Crippen LogP contribution in [0.2, 0.25) is 0 Å². The molecule has 1 N–H and O–H groups in total. The lowest BCUT2D eigenvalue weighted by Gasteiger charge is -2.07. The average molecular weight is 332 g/mol. The number of fused-ring (bicyclic) bond motifs is 1. The molecule has 0 spiro atoms. The highest BCUT2D eigenvalue weighted by molar-refractivity contribution is 7.16. The molecule has 0 saturated carbocycles. The van der Waals surface area contributed by atoms with Crippen LogP contribution in [0.1, 0.15) is 35.6 Å². The molecular weight excluding hydrogens is 316 g/mol. The van der Waals surface area contributed by atoms with E-state index >= 15 is 0 Å².